The highest BCUT2D eigenvalue weighted by atomic mass is 16.3. The molecule has 28 heavy (non-hydrogen) atoms. The number of fused-ring (bicyclic) bond motifs is 1. The van der Waals surface area contributed by atoms with Crippen LogP contribution in [0.15, 0.2) is 52.1 Å². The number of nitrogens with zero attached hydrogens (tertiary/aromatic N) is 5. The van der Waals surface area contributed by atoms with Crippen molar-refractivity contribution in [2.75, 3.05) is 26.2 Å². The van der Waals surface area contributed by atoms with Crippen LogP contribution in [0.5, 0.6) is 0 Å². The molecule has 3 heterocycles. The summed E-state index contributed by atoms with van der Waals surface area (Å²) in [4.78, 5) is 40.6. The van der Waals surface area contributed by atoms with Gasteiger partial charge in [-0.05, 0) is 18.2 Å². The fourth-order valence-electron chi connectivity index (χ4n) is 3.26. The molecule has 1 aliphatic rings. The number of aromatic nitrogens is 3. The van der Waals surface area contributed by atoms with Gasteiger partial charge in [0.05, 0.1) is 23.8 Å². The zero-order valence-corrected chi connectivity index (χ0v) is 15.2. The minimum Gasteiger partial charge on any atom is -0.472 e. The van der Waals surface area contributed by atoms with Gasteiger partial charge < -0.3 is 14.2 Å². The molecule has 0 radical (unpaired) electrons. The molecular formula is C19H19N5O4. The topological polar surface area (TPSA) is 102 Å². The van der Waals surface area contributed by atoms with Crippen molar-refractivity contribution in [2.45, 2.75) is 13.0 Å². The second-order valence-corrected chi connectivity index (χ2v) is 6.57. The molecule has 144 valence electrons. The lowest BCUT2D eigenvalue weighted by molar-refractivity contribution is -0.133. The van der Waals surface area contributed by atoms with Gasteiger partial charge >= 0.3 is 0 Å². The molecule has 2 amide bonds. The fourth-order valence-corrected chi connectivity index (χ4v) is 3.26. The Labute approximate surface area is 160 Å². The van der Waals surface area contributed by atoms with Crippen LogP contribution in [0.25, 0.3) is 10.9 Å². The van der Waals surface area contributed by atoms with Gasteiger partial charge in [-0.1, -0.05) is 17.3 Å². The first-order chi connectivity index (χ1) is 13.6. The van der Waals surface area contributed by atoms with Crippen LogP contribution in [0.1, 0.15) is 16.8 Å². The highest BCUT2D eigenvalue weighted by Crippen LogP contribution is 2.10. The van der Waals surface area contributed by atoms with Gasteiger partial charge in [0.1, 0.15) is 11.8 Å². The van der Waals surface area contributed by atoms with Gasteiger partial charge in [0, 0.05) is 32.6 Å². The van der Waals surface area contributed by atoms with Gasteiger partial charge in [0.25, 0.3) is 11.5 Å². The summed E-state index contributed by atoms with van der Waals surface area (Å²) in [5, 5.41) is 8.41. The predicted molar refractivity (Wildman–Crippen MR) is 99.6 cm³/mol. The van der Waals surface area contributed by atoms with Gasteiger partial charge in [-0.25, -0.2) is 4.68 Å². The van der Waals surface area contributed by atoms with E-state index in [1.54, 1.807) is 40.1 Å². The lowest BCUT2D eigenvalue weighted by Crippen LogP contribution is -2.50. The quantitative estimate of drug-likeness (QED) is 0.661. The number of carbonyl (C=O) groups is 2. The Bertz CT molecular complexity index is 1050. The smallest absolute Gasteiger partial charge is 0.277 e. The first-order valence-corrected chi connectivity index (χ1v) is 9.05. The molecule has 1 saturated heterocycles. The minimum absolute atomic E-state index is 0.0720. The van der Waals surface area contributed by atoms with E-state index in [0.717, 1.165) is 0 Å². The van der Waals surface area contributed by atoms with Crippen molar-refractivity contribution < 1.29 is 14.0 Å². The highest BCUT2D eigenvalue weighted by molar-refractivity contribution is 5.94. The Morgan fingerprint density at radius 1 is 1.04 bits per heavy atom. The molecule has 0 aliphatic carbocycles. The third-order valence-corrected chi connectivity index (χ3v) is 4.85. The van der Waals surface area contributed by atoms with E-state index in [9.17, 15) is 14.4 Å². The molecule has 9 heteroatoms. The number of hydrogen-bond donors (Lipinski definition) is 0. The number of benzene rings is 1. The standard InChI is InChI=1S/C19H19N5O4/c25-17(5-7-24-19(27)15-3-1-2-4-16(15)20-21-24)22-8-10-23(11-9-22)18(26)14-6-12-28-13-14/h1-4,6,12-13H,5,7-11H2. The number of piperazine rings is 1. The SMILES string of the molecule is O=C(CCn1nnc2ccccc2c1=O)N1CCN(C(=O)c2ccoc2)CC1. The Hall–Kier alpha value is -3.49. The molecule has 1 aromatic carbocycles. The second kappa shape index (κ2) is 7.63. The van der Waals surface area contributed by atoms with E-state index < -0.39 is 0 Å². The highest BCUT2D eigenvalue weighted by Gasteiger charge is 2.25. The number of aryl methyl sites for hydroxylation is 1. The van der Waals surface area contributed by atoms with Crippen LogP contribution < -0.4 is 5.56 Å². The van der Waals surface area contributed by atoms with E-state index in [0.29, 0.717) is 42.6 Å². The molecule has 3 aromatic rings. The van der Waals surface area contributed by atoms with Crippen molar-refractivity contribution >= 4 is 22.7 Å². The summed E-state index contributed by atoms with van der Waals surface area (Å²) in [6, 6.07) is 8.61. The molecule has 0 N–H and O–H groups in total. The van der Waals surface area contributed by atoms with Crippen molar-refractivity contribution in [2.24, 2.45) is 0 Å². The van der Waals surface area contributed by atoms with E-state index in [-0.39, 0.29) is 30.3 Å². The van der Waals surface area contributed by atoms with Gasteiger partial charge in [-0.15, -0.1) is 5.10 Å². The number of hydrogen-bond acceptors (Lipinski definition) is 6. The monoisotopic (exact) mass is 381 g/mol. The van der Waals surface area contributed by atoms with Gasteiger partial charge in [0.2, 0.25) is 5.91 Å². The molecule has 1 aliphatic heterocycles. The number of amides is 2. The van der Waals surface area contributed by atoms with Crippen LogP contribution >= 0.6 is 0 Å². The fraction of sp³-hybridized carbons (Fsp3) is 0.316. The lowest BCUT2D eigenvalue weighted by Gasteiger charge is -2.34. The second-order valence-electron chi connectivity index (χ2n) is 6.57. The first kappa shape index (κ1) is 17.9. The number of rotatable bonds is 4. The summed E-state index contributed by atoms with van der Waals surface area (Å²) in [5.74, 6) is -0.170. The molecular weight excluding hydrogens is 362 g/mol. The van der Waals surface area contributed by atoms with Gasteiger partial charge in [-0.2, -0.15) is 0 Å². The minimum atomic E-state index is -0.256. The van der Waals surface area contributed by atoms with Crippen molar-refractivity contribution in [3.63, 3.8) is 0 Å². The largest absolute Gasteiger partial charge is 0.472 e. The number of furan rings is 1. The molecule has 0 atom stereocenters. The maximum atomic E-state index is 12.5. The van der Waals surface area contributed by atoms with Crippen LogP contribution in [0.2, 0.25) is 0 Å². The van der Waals surface area contributed by atoms with Crippen molar-refractivity contribution in [1.82, 2.24) is 24.8 Å². The van der Waals surface area contributed by atoms with E-state index in [2.05, 4.69) is 10.3 Å². The van der Waals surface area contributed by atoms with E-state index in [1.165, 1.54) is 17.2 Å². The third kappa shape index (κ3) is 3.51. The molecule has 0 bridgehead atoms. The molecule has 0 saturated carbocycles. The number of carbonyl (C=O) groups excluding carboxylic acids is 2. The average molecular weight is 381 g/mol. The van der Waals surface area contributed by atoms with E-state index >= 15 is 0 Å². The van der Waals surface area contributed by atoms with Crippen LogP contribution in [0.4, 0.5) is 0 Å². The van der Waals surface area contributed by atoms with Crippen LogP contribution in [-0.2, 0) is 11.3 Å². The van der Waals surface area contributed by atoms with Gasteiger partial charge in [-0.3, -0.25) is 14.4 Å². The summed E-state index contributed by atoms with van der Waals surface area (Å²) in [6.45, 7) is 2.02. The lowest BCUT2D eigenvalue weighted by atomic mass is 10.2. The molecule has 0 unspecified atom stereocenters. The molecule has 0 spiro atoms. The third-order valence-electron chi connectivity index (χ3n) is 4.85. The summed E-state index contributed by atoms with van der Waals surface area (Å²) >= 11 is 0. The Morgan fingerprint density at radius 3 is 2.54 bits per heavy atom. The molecule has 2 aromatic heterocycles. The van der Waals surface area contributed by atoms with Crippen molar-refractivity contribution in [1.29, 1.82) is 0 Å². The molecule has 1 fully saturated rings. The van der Waals surface area contributed by atoms with E-state index in [4.69, 9.17) is 4.42 Å². The Kier molecular flexibility index (Phi) is 4.88. The maximum Gasteiger partial charge on any atom is 0.277 e. The maximum absolute atomic E-state index is 12.5. The summed E-state index contributed by atoms with van der Waals surface area (Å²) in [6.07, 6.45) is 3.04. The normalized spacial score (nSPS) is 14.4. The zero-order valence-electron chi connectivity index (χ0n) is 15.2. The van der Waals surface area contributed by atoms with Crippen LogP contribution in [-0.4, -0.2) is 62.8 Å². The summed E-state index contributed by atoms with van der Waals surface area (Å²) in [7, 11) is 0. The van der Waals surface area contributed by atoms with Crippen molar-refractivity contribution in [3.8, 4) is 0 Å². The molecule has 4 rings (SSSR count). The molecule has 9 nitrogen and oxygen atoms in total. The summed E-state index contributed by atoms with van der Waals surface area (Å²) in [5.41, 5.74) is 0.788. The van der Waals surface area contributed by atoms with Crippen LogP contribution in [0.3, 0.4) is 0 Å². The van der Waals surface area contributed by atoms with E-state index in [1.807, 2.05) is 0 Å². The Morgan fingerprint density at radius 2 is 1.79 bits per heavy atom. The van der Waals surface area contributed by atoms with Gasteiger partial charge in [0.15, 0.2) is 0 Å². The zero-order chi connectivity index (χ0) is 19.5. The van der Waals surface area contributed by atoms with Crippen molar-refractivity contribution in [3.05, 3.63) is 58.8 Å². The first-order valence-electron chi connectivity index (χ1n) is 9.05. The summed E-state index contributed by atoms with van der Waals surface area (Å²) < 4.78 is 6.17. The Balaban J connectivity index is 1.33. The van der Waals surface area contributed by atoms with Crippen LogP contribution in [0, 0.1) is 0 Å². The average Bonchev–Trinajstić information content (AvgIpc) is 3.28. The predicted octanol–water partition coefficient (Wildman–Crippen LogP) is 0.759.